The zero-order chi connectivity index (χ0) is 20.2. The number of amides is 1. The van der Waals surface area contributed by atoms with Gasteiger partial charge < -0.3 is 15.0 Å². The third-order valence-corrected chi connectivity index (χ3v) is 5.41. The Bertz CT molecular complexity index is 1020. The molecule has 6 heteroatoms. The van der Waals surface area contributed by atoms with Crippen LogP contribution in [0.2, 0.25) is 0 Å². The Kier molecular flexibility index (Phi) is 5.60. The molecule has 6 nitrogen and oxygen atoms in total. The number of carbonyl (C=O) groups is 1. The van der Waals surface area contributed by atoms with Crippen molar-refractivity contribution in [2.45, 2.75) is 26.2 Å². The second-order valence-electron chi connectivity index (χ2n) is 7.37. The Labute approximate surface area is 170 Å². The number of rotatable bonds is 5. The van der Waals surface area contributed by atoms with Gasteiger partial charge in [-0.2, -0.15) is 0 Å². The van der Waals surface area contributed by atoms with E-state index in [1.54, 1.807) is 7.11 Å². The van der Waals surface area contributed by atoms with E-state index in [2.05, 4.69) is 28.2 Å². The van der Waals surface area contributed by atoms with Crippen LogP contribution in [0.1, 0.15) is 25.3 Å². The number of nitrogens with zero attached hydrogens (tertiary/aromatic N) is 3. The Morgan fingerprint density at radius 3 is 2.72 bits per heavy atom. The first-order chi connectivity index (χ1) is 14.2. The molecule has 1 saturated heterocycles. The second-order valence-corrected chi connectivity index (χ2v) is 7.37. The number of para-hydroxylation sites is 2. The van der Waals surface area contributed by atoms with Gasteiger partial charge in [-0.05, 0) is 49.1 Å². The highest BCUT2D eigenvalue weighted by Gasteiger charge is 2.29. The zero-order valence-electron chi connectivity index (χ0n) is 16.9. The van der Waals surface area contributed by atoms with Crippen LogP contribution in [-0.2, 0) is 11.2 Å². The number of anilines is 2. The van der Waals surface area contributed by atoms with Gasteiger partial charge in [-0.15, -0.1) is 0 Å². The quantitative estimate of drug-likeness (QED) is 0.712. The average molecular weight is 390 g/mol. The van der Waals surface area contributed by atoms with Crippen LogP contribution >= 0.6 is 0 Å². The van der Waals surface area contributed by atoms with Crippen LogP contribution in [0.5, 0.6) is 5.88 Å². The molecule has 0 saturated carbocycles. The van der Waals surface area contributed by atoms with E-state index in [-0.39, 0.29) is 11.8 Å². The molecule has 0 bridgehead atoms. The van der Waals surface area contributed by atoms with Crippen LogP contribution in [0, 0.1) is 5.92 Å². The molecule has 1 aromatic heterocycles. The maximum absolute atomic E-state index is 12.9. The minimum atomic E-state index is -0.105. The first-order valence-corrected chi connectivity index (χ1v) is 10.1. The predicted molar refractivity (Wildman–Crippen MR) is 115 cm³/mol. The Hall–Kier alpha value is -3.15. The third kappa shape index (κ3) is 4.16. The molecule has 29 heavy (non-hydrogen) atoms. The molecule has 2 aromatic carbocycles. The van der Waals surface area contributed by atoms with E-state index in [1.807, 2.05) is 42.5 Å². The monoisotopic (exact) mass is 390 g/mol. The minimum absolute atomic E-state index is 0.0515. The van der Waals surface area contributed by atoms with E-state index >= 15 is 0 Å². The molecule has 150 valence electrons. The molecule has 1 N–H and O–H groups in total. The first-order valence-electron chi connectivity index (χ1n) is 10.1. The lowest BCUT2D eigenvalue weighted by molar-refractivity contribution is -0.120. The lowest BCUT2D eigenvalue weighted by Gasteiger charge is -2.33. The highest BCUT2D eigenvalue weighted by Crippen LogP contribution is 2.30. The van der Waals surface area contributed by atoms with Gasteiger partial charge >= 0.3 is 0 Å². The van der Waals surface area contributed by atoms with Crippen molar-refractivity contribution >= 4 is 28.4 Å². The van der Waals surface area contributed by atoms with Crippen LogP contribution < -0.4 is 15.0 Å². The summed E-state index contributed by atoms with van der Waals surface area (Å²) in [7, 11) is 1.61. The molecule has 0 spiro atoms. The number of benzene rings is 2. The fourth-order valence-electron chi connectivity index (χ4n) is 3.81. The number of fused-ring (bicyclic) bond motifs is 1. The molecular weight excluding hydrogens is 364 g/mol. The van der Waals surface area contributed by atoms with Crippen LogP contribution in [-0.4, -0.2) is 36.1 Å². The van der Waals surface area contributed by atoms with Crippen molar-refractivity contribution in [3.05, 3.63) is 54.1 Å². The average Bonchev–Trinajstić information content (AvgIpc) is 2.78. The normalized spacial score (nSPS) is 16.6. The van der Waals surface area contributed by atoms with Crippen molar-refractivity contribution in [1.82, 2.24) is 9.97 Å². The van der Waals surface area contributed by atoms with Crippen molar-refractivity contribution in [2.24, 2.45) is 5.92 Å². The number of ether oxygens (including phenoxy) is 1. The Balaban J connectivity index is 1.53. The minimum Gasteiger partial charge on any atom is -0.478 e. The smallest absolute Gasteiger partial charge is 0.257 e. The number of carbonyl (C=O) groups excluding carboxylic acids is 1. The summed E-state index contributed by atoms with van der Waals surface area (Å²) in [5, 5.41) is 3.08. The summed E-state index contributed by atoms with van der Waals surface area (Å²) >= 11 is 0. The molecule has 1 fully saturated rings. The lowest BCUT2D eigenvalue weighted by Crippen LogP contribution is -2.41. The molecule has 3 aromatic rings. The van der Waals surface area contributed by atoms with Gasteiger partial charge in [-0.1, -0.05) is 31.2 Å². The molecule has 1 aliphatic rings. The van der Waals surface area contributed by atoms with E-state index in [9.17, 15) is 4.79 Å². The van der Waals surface area contributed by atoms with Crippen molar-refractivity contribution in [2.75, 3.05) is 30.4 Å². The predicted octanol–water partition coefficient (Wildman–Crippen LogP) is 4.06. The number of aromatic nitrogens is 2. The lowest BCUT2D eigenvalue weighted by atomic mass is 9.97. The highest BCUT2D eigenvalue weighted by molar-refractivity contribution is 5.93. The number of methoxy groups -OCH3 is 1. The van der Waals surface area contributed by atoms with Gasteiger partial charge in [-0.25, -0.2) is 9.97 Å². The summed E-state index contributed by atoms with van der Waals surface area (Å²) in [6.45, 7) is 3.54. The highest BCUT2D eigenvalue weighted by atomic mass is 16.5. The molecule has 1 amide bonds. The van der Waals surface area contributed by atoms with Crippen LogP contribution in [0.25, 0.3) is 11.0 Å². The summed E-state index contributed by atoms with van der Waals surface area (Å²) in [6.07, 6.45) is 2.73. The number of aryl methyl sites for hydroxylation is 1. The fourth-order valence-corrected chi connectivity index (χ4v) is 3.81. The summed E-state index contributed by atoms with van der Waals surface area (Å²) in [4.78, 5) is 24.4. The molecule has 2 heterocycles. The van der Waals surface area contributed by atoms with E-state index in [0.29, 0.717) is 18.2 Å². The molecule has 0 aliphatic carbocycles. The van der Waals surface area contributed by atoms with Crippen LogP contribution in [0.3, 0.4) is 0 Å². The summed E-state index contributed by atoms with van der Waals surface area (Å²) < 4.78 is 5.51. The molecule has 0 radical (unpaired) electrons. The van der Waals surface area contributed by atoms with Crippen LogP contribution in [0.15, 0.2) is 48.5 Å². The van der Waals surface area contributed by atoms with E-state index < -0.39 is 0 Å². The molecule has 0 unspecified atom stereocenters. The van der Waals surface area contributed by atoms with Crippen molar-refractivity contribution in [3.63, 3.8) is 0 Å². The molecule has 4 rings (SSSR count). The largest absolute Gasteiger partial charge is 0.478 e. The topological polar surface area (TPSA) is 67.4 Å². The van der Waals surface area contributed by atoms with Gasteiger partial charge in [0.25, 0.3) is 5.88 Å². The number of piperidine rings is 1. The van der Waals surface area contributed by atoms with Crippen LogP contribution in [0.4, 0.5) is 11.5 Å². The molecule has 1 aliphatic heterocycles. The molecule has 1 atom stereocenters. The first kappa shape index (κ1) is 19.2. The standard InChI is InChI=1S/C23H26N4O2/c1-3-16-8-6-10-18(14-16)24-22(28)17-9-7-13-27(15-17)21-23(29-2)26-20-12-5-4-11-19(20)25-21/h4-6,8,10-12,14,17H,3,7,9,13,15H2,1-2H3,(H,24,28)/t17-/m0/s1. The van der Waals surface area contributed by atoms with Crippen molar-refractivity contribution < 1.29 is 9.53 Å². The summed E-state index contributed by atoms with van der Waals surface area (Å²) in [6, 6.07) is 15.8. The van der Waals surface area contributed by atoms with Gasteiger partial charge in [0, 0.05) is 18.8 Å². The number of hydrogen-bond acceptors (Lipinski definition) is 5. The van der Waals surface area contributed by atoms with Gasteiger partial charge in [0.1, 0.15) is 0 Å². The van der Waals surface area contributed by atoms with Crippen molar-refractivity contribution in [3.8, 4) is 5.88 Å². The van der Waals surface area contributed by atoms with E-state index in [4.69, 9.17) is 9.72 Å². The summed E-state index contributed by atoms with van der Waals surface area (Å²) in [5.41, 5.74) is 3.69. The summed E-state index contributed by atoms with van der Waals surface area (Å²) in [5.74, 6) is 1.15. The van der Waals surface area contributed by atoms with Gasteiger partial charge in [-0.3, -0.25) is 4.79 Å². The zero-order valence-corrected chi connectivity index (χ0v) is 16.9. The Morgan fingerprint density at radius 1 is 1.17 bits per heavy atom. The Morgan fingerprint density at radius 2 is 1.97 bits per heavy atom. The number of hydrogen-bond donors (Lipinski definition) is 1. The SMILES string of the molecule is CCc1cccc(NC(=O)[C@H]2CCCN(c3nc4ccccc4nc3OC)C2)c1. The third-order valence-electron chi connectivity index (χ3n) is 5.41. The van der Waals surface area contributed by atoms with Gasteiger partial charge in [0.05, 0.1) is 24.1 Å². The molecular formula is C23H26N4O2. The second kappa shape index (κ2) is 8.47. The van der Waals surface area contributed by atoms with Gasteiger partial charge in [0.2, 0.25) is 5.91 Å². The maximum atomic E-state index is 12.9. The number of nitrogens with one attached hydrogen (secondary N) is 1. The van der Waals surface area contributed by atoms with E-state index in [1.165, 1.54) is 5.56 Å². The van der Waals surface area contributed by atoms with Gasteiger partial charge in [0.15, 0.2) is 5.82 Å². The fraction of sp³-hybridized carbons (Fsp3) is 0.348. The maximum Gasteiger partial charge on any atom is 0.257 e. The van der Waals surface area contributed by atoms with Crippen molar-refractivity contribution in [1.29, 1.82) is 0 Å². The van der Waals surface area contributed by atoms with E-state index in [0.717, 1.165) is 42.5 Å².